The van der Waals surface area contributed by atoms with Crippen LogP contribution >= 0.6 is 0 Å². The summed E-state index contributed by atoms with van der Waals surface area (Å²) in [5.41, 5.74) is 1.58. The third-order valence-electron chi connectivity index (χ3n) is 4.97. The highest BCUT2D eigenvalue weighted by molar-refractivity contribution is 5.91. The van der Waals surface area contributed by atoms with E-state index in [1.165, 1.54) is 0 Å². The van der Waals surface area contributed by atoms with Gasteiger partial charge in [-0.1, -0.05) is 5.16 Å². The normalized spacial score (nSPS) is 19.7. The van der Waals surface area contributed by atoms with Crippen LogP contribution in [0, 0.1) is 12.8 Å². The highest BCUT2D eigenvalue weighted by Crippen LogP contribution is 2.35. The van der Waals surface area contributed by atoms with Crippen molar-refractivity contribution in [2.45, 2.75) is 38.5 Å². The molecule has 0 spiro atoms. The molecule has 3 heterocycles. The standard InChI is InChI=1S/C19H21N5O3/c1-12-10-16(27-24-12)17(25)21-11-13-2-4-14(5-3-13)18-22-23-19(26-18)15-6-8-20-9-7-15/h6-10,13-14H,2-5,11H2,1H3,(H,21,25). The molecule has 1 N–H and O–H groups in total. The Morgan fingerprint density at radius 3 is 2.67 bits per heavy atom. The largest absolute Gasteiger partial charge is 0.420 e. The van der Waals surface area contributed by atoms with Gasteiger partial charge in [-0.2, -0.15) is 0 Å². The SMILES string of the molecule is Cc1cc(C(=O)NCC2CCC(c3nnc(-c4ccncc4)o3)CC2)on1. The Morgan fingerprint density at radius 1 is 1.19 bits per heavy atom. The first-order chi connectivity index (χ1) is 13.2. The van der Waals surface area contributed by atoms with E-state index in [4.69, 9.17) is 8.94 Å². The molecule has 0 radical (unpaired) electrons. The molecule has 0 unspecified atom stereocenters. The second-order valence-electron chi connectivity index (χ2n) is 6.94. The van der Waals surface area contributed by atoms with Crippen molar-refractivity contribution in [3.8, 4) is 11.5 Å². The highest BCUT2D eigenvalue weighted by Gasteiger charge is 2.27. The molecule has 0 aliphatic heterocycles. The Balaban J connectivity index is 1.28. The molecule has 0 aromatic carbocycles. The van der Waals surface area contributed by atoms with Crippen molar-refractivity contribution in [1.29, 1.82) is 0 Å². The molecule has 27 heavy (non-hydrogen) atoms. The van der Waals surface area contributed by atoms with Gasteiger partial charge in [-0.3, -0.25) is 9.78 Å². The van der Waals surface area contributed by atoms with Gasteiger partial charge in [0.1, 0.15) is 0 Å². The molecule has 3 aromatic rings. The van der Waals surface area contributed by atoms with Crippen LogP contribution in [0.1, 0.15) is 53.7 Å². The average molecular weight is 367 g/mol. The van der Waals surface area contributed by atoms with Crippen LogP contribution in [0.5, 0.6) is 0 Å². The predicted molar refractivity (Wildman–Crippen MR) is 95.8 cm³/mol. The lowest BCUT2D eigenvalue weighted by Crippen LogP contribution is -2.30. The highest BCUT2D eigenvalue weighted by atomic mass is 16.5. The number of aryl methyl sites for hydroxylation is 1. The summed E-state index contributed by atoms with van der Waals surface area (Å²) in [7, 11) is 0. The fraction of sp³-hybridized carbons (Fsp3) is 0.421. The Morgan fingerprint density at radius 2 is 1.96 bits per heavy atom. The number of aromatic nitrogens is 4. The van der Waals surface area contributed by atoms with Gasteiger partial charge in [-0.25, -0.2) is 0 Å². The van der Waals surface area contributed by atoms with Gasteiger partial charge < -0.3 is 14.3 Å². The van der Waals surface area contributed by atoms with Gasteiger partial charge in [0, 0.05) is 36.5 Å². The average Bonchev–Trinajstić information content (AvgIpc) is 3.37. The van der Waals surface area contributed by atoms with Crippen molar-refractivity contribution in [2.75, 3.05) is 6.54 Å². The first kappa shape index (κ1) is 17.4. The molecule has 0 atom stereocenters. The summed E-state index contributed by atoms with van der Waals surface area (Å²) in [6, 6.07) is 5.35. The molecule has 140 valence electrons. The van der Waals surface area contributed by atoms with E-state index in [0.29, 0.717) is 29.9 Å². The smallest absolute Gasteiger partial charge is 0.289 e. The van der Waals surface area contributed by atoms with E-state index < -0.39 is 0 Å². The van der Waals surface area contributed by atoms with E-state index >= 15 is 0 Å². The van der Waals surface area contributed by atoms with Crippen LogP contribution in [0.3, 0.4) is 0 Å². The van der Waals surface area contributed by atoms with Crippen LogP contribution < -0.4 is 5.32 Å². The third kappa shape index (κ3) is 4.05. The number of hydrogen-bond acceptors (Lipinski definition) is 7. The summed E-state index contributed by atoms with van der Waals surface area (Å²) >= 11 is 0. The number of nitrogens with zero attached hydrogens (tertiary/aromatic N) is 4. The number of pyridine rings is 1. The second-order valence-corrected chi connectivity index (χ2v) is 6.94. The van der Waals surface area contributed by atoms with Crippen LogP contribution in [0.2, 0.25) is 0 Å². The van der Waals surface area contributed by atoms with Crippen LogP contribution in [0.25, 0.3) is 11.5 Å². The molecule has 0 bridgehead atoms. The van der Waals surface area contributed by atoms with Gasteiger partial charge >= 0.3 is 0 Å². The molecule has 4 rings (SSSR count). The summed E-state index contributed by atoms with van der Waals surface area (Å²) in [4.78, 5) is 16.0. The monoisotopic (exact) mass is 367 g/mol. The summed E-state index contributed by atoms with van der Waals surface area (Å²) in [5, 5.41) is 15.1. The zero-order valence-electron chi connectivity index (χ0n) is 15.1. The zero-order chi connectivity index (χ0) is 18.6. The minimum Gasteiger partial charge on any atom is -0.420 e. The van der Waals surface area contributed by atoms with Gasteiger partial charge in [0.15, 0.2) is 0 Å². The van der Waals surface area contributed by atoms with E-state index in [9.17, 15) is 4.79 Å². The minimum atomic E-state index is -0.211. The van der Waals surface area contributed by atoms with Gasteiger partial charge in [-0.05, 0) is 50.7 Å². The maximum Gasteiger partial charge on any atom is 0.289 e. The van der Waals surface area contributed by atoms with Gasteiger partial charge in [0.05, 0.1) is 5.69 Å². The first-order valence-corrected chi connectivity index (χ1v) is 9.14. The van der Waals surface area contributed by atoms with E-state index in [1.54, 1.807) is 25.4 Å². The topological polar surface area (TPSA) is 107 Å². The van der Waals surface area contributed by atoms with Crippen molar-refractivity contribution in [1.82, 2.24) is 25.7 Å². The lowest BCUT2D eigenvalue weighted by molar-refractivity contribution is 0.0905. The molecule has 1 amide bonds. The molecule has 1 saturated carbocycles. The summed E-state index contributed by atoms with van der Waals surface area (Å²) in [6.07, 6.45) is 7.37. The Hall–Kier alpha value is -3.03. The number of carbonyl (C=O) groups excluding carboxylic acids is 1. The summed E-state index contributed by atoms with van der Waals surface area (Å²) in [5.74, 6) is 1.99. The summed E-state index contributed by atoms with van der Waals surface area (Å²) < 4.78 is 10.8. The molecule has 8 heteroatoms. The maximum absolute atomic E-state index is 12.0. The number of carbonyl (C=O) groups is 1. The van der Waals surface area contributed by atoms with Gasteiger partial charge in [-0.15, -0.1) is 10.2 Å². The van der Waals surface area contributed by atoms with Crippen molar-refractivity contribution in [3.05, 3.63) is 47.9 Å². The molecule has 1 aliphatic carbocycles. The van der Waals surface area contributed by atoms with Crippen LogP contribution in [-0.4, -0.2) is 32.8 Å². The Labute approximate surface area is 156 Å². The number of rotatable bonds is 5. The fourth-order valence-corrected chi connectivity index (χ4v) is 3.42. The molecule has 0 saturated heterocycles. The van der Waals surface area contributed by atoms with Gasteiger partial charge in [0.2, 0.25) is 17.5 Å². The van der Waals surface area contributed by atoms with Gasteiger partial charge in [0.25, 0.3) is 5.91 Å². The number of nitrogens with one attached hydrogen (secondary N) is 1. The van der Waals surface area contributed by atoms with Crippen molar-refractivity contribution < 1.29 is 13.7 Å². The number of hydrogen-bond donors (Lipinski definition) is 1. The summed E-state index contributed by atoms with van der Waals surface area (Å²) in [6.45, 7) is 2.43. The van der Waals surface area contributed by atoms with E-state index in [-0.39, 0.29) is 17.6 Å². The van der Waals surface area contributed by atoms with Crippen molar-refractivity contribution in [3.63, 3.8) is 0 Å². The van der Waals surface area contributed by atoms with E-state index in [0.717, 1.165) is 31.2 Å². The molecule has 1 fully saturated rings. The molecule has 3 aromatic heterocycles. The molecule has 1 aliphatic rings. The Bertz CT molecular complexity index is 897. The predicted octanol–water partition coefficient (Wildman–Crippen LogP) is 3.13. The van der Waals surface area contributed by atoms with Crippen LogP contribution in [0.15, 0.2) is 39.5 Å². The maximum atomic E-state index is 12.0. The second kappa shape index (κ2) is 7.69. The molecular formula is C19H21N5O3. The lowest BCUT2D eigenvalue weighted by atomic mass is 9.82. The molecule has 8 nitrogen and oxygen atoms in total. The van der Waals surface area contributed by atoms with E-state index in [1.807, 2.05) is 12.1 Å². The van der Waals surface area contributed by atoms with Crippen LogP contribution in [-0.2, 0) is 0 Å². The van der Waals surface area contributed by atoms with E-state index in [2.05, 4.69) is 25.7 Å². The van der Waals surface area contributed by atoms with Crippen molar-refractivity contribution in [2.24, 2.45) is 5.92 Å². The van der Waals surface area contributed by atoms with Crippen LogP contribution in [0.4, 0.5) is 0 Å². The lowest BCUT2D eigenvalue weighted by Gasteiger charge is -2.26. The Kier molecular flexibility index (Phi) is 4.95. The fourth-order valence-electron chi connectivity index (χ4n) is 3.42. The van der Waals surface area contributed by atoms with Crippen molar-refractivity contribution >= 4 is 5.91 Å². The first-order valence-electron chi connectivity index (χ1n) is 9.14. The minimum absolute atomic E-state index is 0.211. The number of amides is 1. The quantitative estimate of drug-likeness (QED) is 0.738. The zero-order valence-corrected chi connectivity index (χ0v) is 15.1. The third-order valence-corrected chi connectivity index (χ3v) is 4.97. The molecular weight excluding hydrogens is 346 g/mol.